The standard InChI is InChI=1S/C16H34N4O2S.HI/c1-7-22-14(13(2)3)8-9-17-16(18-10-11-23-6)19-12-15(21)20(4)5;/h13-14H,7-12H2,1-6H3,(H2,17,18,19);1H. The number of rotatable bonds is 11. The van der Waals surface area contributed by atoms with Gasteiger partial charge in [0.15, 0.2) is 5.96 Å². The number of hydrogen-bond acceptors (Lipinski definition) is 4. The number of likely N-dealkylation sites (N-methyl/N-ethyl adjacent to an activating group) is 1. The van der Waals surface area contributed by atoms with Crippen molar-refractivity contribution in [2.45, 2.75) is 33.3 Å². The Morgan fingerprint density at radius 2 is 1.88 bits per heavy atom. The Morgan fingerprint density at radius 1 is 1.25 bits per heavy atom. The first-order valence-electron chi connectivity index (χ1n) is 8.25. The molecule has 1 atom stereocenters. The van der Waals surface area contributed by atoms with Crippen LogP contribution in [-0.2, 0) is 9.53 Å². The number of ether oxygens (including phenoxy) is 1. The van der Waals surface area contributed by atoms with Gasteiger partial charge in [0.1, 0.15) is 6.54 Å². The first-order valence-corrected chi connectivity index (χ1v) is 9.64. The molecule has 24 heavy (non-hydrogen) atoms. The van der Waals surface area contributed by atoms with Crippen LogP contribution in [0, 0.1) is 5.92 Å². The molecular formula is C16H35IN4O2S. The fourth-order valence-corrected chi connectivity index (χ4v) is 2.20. The number of aliphatic imine (C=N–C) groups is 1. The van der Waals surface area contributed by atoms with Gasteiger partial charge in [-0.1, -0.05) is 13.8 Å². The molecule has 1 amide bonds. The molecular weight excluding hydrogens is 439 g/mol. The Labute approximate surface area is 169 Å². The Morgan fingerprint density at radius 3 is 2.38 bits per heavy atom. The summed E-state index contributed by atoms with van der Waals surface area (Å²) in [7, 11) is 3.48. The van der Waals surface area contributed by atoms with Crippen LogP contribution >= 0.6 is 35.7 Å². The summed E-state index contributed by atoms with van der Waals surface area (Å²) in [6.45, 7) is 8.83. The second-order valence-electron chi connectivity index (χ2n) is 5.83. The van der Waals surface area contributed by atoms with Crippen molar-refractivity contribution in [1.29, 1.82) is 0 Å². The molecule has 0 bridgehead atoms. The van der Waals surface area contributed by atoms with Crippen molar-refractivity contribution in [3.63, 3.8) is 0 Å². The van der Waals surface area contributed by atoms with E-state index in [-0.39, 0.29) is 42.5 Å². The summed E-state index contributed by atoms with van der Waals surface area (Å²) in [4.78, 5) is 17.6. The Hall–Kier alpha value is -0.220. The lowest BCUT2D eigenvalue weighted by molar-refractivity contribution is -0.127. The molecule has 1 unspecified atom stereocenters. The topological polar surface area (TPSA) is 66.0 Å². The smallest absolute Gasteiger partial charge is 0.243 e. The van der Waals surface area contributed by atoms with Crippen LogP contribution in [0.15, 0.2) is 4.99 Å². The third-order valence-corrected chi connectivity index (χ3v) is 3.93. The Bertz CT molecular complexity index is 355. The van der Waals surface area contributed by atoms with E-state index in [2.05, 4.69) is 35.7 Å². The molecule has 0 saturated heterocycles. The maximum Gasteiger partial charge on any atom is 0.243 e. The Balaban J connectivity index is 0. The summed E-state index contributed by atoms with van der Waals surface area (Å²) in [5.74, 6) is 2.16. The van der Waals surface area contributed by atoms with E-state index in [1.54, 1.807) is 30.8 Å². The SMILES string of the molecule is CCOC(CCNC(=NCC(=O)N(C)C)NCCSC)C(C)C.I. The number of guanidine groups is 1. The molecule has 0 rings (SSSR count). The van der Waals surface area contributed by atoms with E-state index in [0.717, 1.165) is 31.9 Å². The summed E-state index contributed by atoms with van der Waals surface area (Å²) in [6.07, 6.45) is 3.22. The molecule has 0 aromatic rings. The molecule has 8 heteroatoms. The molecule has 0 aliphatic rings. The number of carbonyl (C=O) groups is 1. The molecule has 0 radical (unpaired) electrons. The van der Waals surface area contributed by atoms with Crippen LogP contribution in [0.25, 0.3) is 0 Å². The van der Waals surface area contributed by atoms with Gasteiger partial charge in [0.05, 0.1) is 6.10 Å². The second-order valence-corrected chi connectivity index (χ2v) is 6.81. The van der Waals surface area contributed by atoms with E-state index in [4.69, 9.17) is 4.74 Å². The van der Waals surface area contributed by atoms with Crippen molar-refractivity contribution >= 4 is 47.6 Å². The third kappa shape index (κ3) is 13.1. The molecule has 0 aliphatic heterocycles. The van der Waals surface area contributed by atoms with Crippen LogP contribution in [0.2, 0.25) is 0 Å². The maximum absolute atomic E-state index is 11.7. The van der Waals surface area contributed by atoms with Gasteiger partial charge < -0.3 is 20.3 Å². The number of halogens is 1. The van der Waals surface area contributed by atoms with Crippen LogP contribution in [0.5, 0.6) is 0 Å². The van der Waals surface area contributed by atoms with Gasteiger partial charge >= 0.3 is 0 Å². The number of thioether (sulfide) groups is 1. The number of nitrogens with zero attached hydrogens (tertiary/aromatic N) is 2. The lowest BCUT2D eigenvalue weighted by Crippen LogP contribution is -2.41. The first-order chi connectivity index (χ1) is 10.9. The van der Waals surface area contributed by atoms with E-state index in [9.17, 15) is 4.79 Å². The molecule has 0 aromatic heterocycles. The summed E-state index contributed by atoms with van der Waals surface area (Å²) in [6, 6.07) is 0. The zero-order chi connectivity index (χ0) is 17.7. The minimum Gasteiger partial charge on any atom is -0.378 e. The molecule has 0 aromatic carbocycles. The highest BCUT2D eigenvalue weighted by Gasteiger charge is 2.13. The van der Waals surface area contributed by atoms with Gasteiger partial charge in [0.2, 0.25) is 5.91 Å². The normalized spacial score (nSPS) is 12.5. The molecule has 0 fully saturated rings. The van der Waals surface area contributed by atoms with Crippen molar-refractivity contribution in [3.05, 3.63) is 0 Å². The molecule has 0 spiro atoms. The largest absolute Gasteiger partial charge is 0.378 e. The van der Waals surface area contributed by atoms with Crippen molar-refractivity contribution in [1.82, 2.24) is 15.5 Å². The minimum atomic E-state index is -0.00894. The minimum absolute atomic E-state index is 0. The highest BCUT2D eigenvalue weighted by atomic mass is 127. The van der Waals surface area contributed by atoms with Crippen LogP contribution in [0.3, 0.4) is 0 Å². The number of hydrogen-bond donors (Lipinski definition) is 2. The summed E-state index contributed by atoms with van der Waals surface area (Å²) < 4.78 is 5.75. The molecule has 2 N–H and O–H groups in total. The maximum atomic E-state index is 11.7. The molecule has 144 valence electrons. The van der Waals surface area contributed by atoms with Gasteiger partial charge in [-0.25, -0.2) is 4.99 Å². The Kier molecular flexibility index (Phi) is 17.6. The van der Waals surface area contributed by atoms with Gasteiger partial charge in [-0.05, 0) is 25.5 Å². The lowest BCUT2D eigenvalue weighted by atomic mass is 10.0. The molecule has 0 heterocycles. The van der Waals surface area contributed by atoms with Gasteiger partial charge in [0.25, 0.3) is 0 Å². The fraction of sp³-hybridized carbons (Fsp3) is 0.875. The van der Waals surface area contributed by atoms with Gasteiger partial charge in [-0.2, -0.15) is 11.8 Å². The van der Waals surface area contributed by atoms with Gasteiger partial charge in [-0.15, -0.1) is 24.0 Å². The number of nitrogens with one attached hydrogen (secondary N) is 2. The molecule has 0 saturated carbocycles. The van der Waals surface area contributed by atoms with Crippen LogP contribution in [0.1, 0.15) is 27.2 Å². The van der Waals surface area contributed by atoms with Crippen LogP contribution in [-0.4, -0.2) is 75.2 Å². The van der Waals surface area contributed by atoms with Crippen molar-refractivity contribution in [2.75, 3.05) is 52.3 Å². The van der Waals surface area contributed by atoms with Crippen LogP contribution < -0.4 is 10.6 Å². The number of carbonyl (C=O) groups excluding carboxylic acids is 1. The van der Waals surface area contributed by atoms with Crippen molar-refractivity contribution < 1.29 is 9.53 Å². The van der Waals surface area contributed by atoms with E-state index >= 15 is 0 Å². The predicted molar refractivity (Wildman–Crippen MR) is 116 cm³/mol. The highest BCUT2D eigenvalue weighted by molar-refractivity contribution is 14.0. The summed E-state index contributed by atoms with van der Waals surface area (Å²) >= 11 is 1.77. The van der Waals surface area contributed by atoms with E-state index in [0.29, 0.717) is 11.9 Å². The van der Waals surface area contributed by atoms with Crippen molar-refractivity contribution in [3.8, 4) is 0 Å². The van der Waals surface area contributed by atoms with Gasteiger partial charge in [-0.3, -0.25) is 4.79 Å². The second kappa shape index (κ2) is 16.3. The summed E-state index contributed by atoms with van der Waals surface area (Å²) in [5, 5.41) is 6.55. The zero-order valence-electron chi connectivity index (χ0n) is 15.9. The van der Waals surface area contributed by atoms with Crippen LogP contribution in [0.4, 0.5) is 0 Å². The number of amides is 1. The van der Waals surface area contributed by atoms with E-state index < -0.39 is 0 Å². The summed E-state index contributed by atoms with van der Waals surface area (Å²) in [5.41, 5.74) is 0. The fourth-order valence-electron chi connectivity index (χ4n) is 1.89. The van der Waals surface area contributed by atoms with E-state index in [1.807, 2.05) is 6.92 Å². The first kappa shape index (κ1) is 26.0. The molecule has 6 nitrogen and oxygen atoms in total. The average Bonchev–Trinajstić information content (AvgIpc) is 2.50. The quantitative estimate of drug-likeness (QED) is 0.208. The zero-order valence-corrected chi connectivity index (χ0v) is 19.1. The lowest BCUT2D eigenvalue weighted by Gasteiger charge is -2.21. The van der Waals surface area contributed by atoms with E-state index in [1.165, 1.54) is 0 Å². The average molecular weight is 474 g/mol. The predicted octanol–water partition coefficient (Wildman–Crippen LogP) is 2.04. The third-order valence-electron chi connectivity index (χ3n) is 3.32. The highest BCUT2D eigenvalue weighted by Crippen LogP contribution is 2.09. The monoisotopic (exact) mass is 474 g/mol. The van der Waals surface area contributed by atoms with Crippen molar-refractivity contribution in [2.24, 2.45) is 10.9 Å². The molecule has 0 aliphatic carbocycles. The van der Waals surface area contributed by atoms with Gasteiger partial charge in [0, 0.05) is 39.5 Å².